The molecule has 1 aromatic heterocycles. The Morgan fingerprint density at radius 2 is 2.14 bits per heavy atom. The first-order valence-electron chi connectivity index (χ1n) is 5.01. The van der Waals surface area contributed by atoms with E-state index in [0.29, 0.717) is 5.25 Å². The number of aromatic nitrogens is 1. The van der Waals surface area contributed by atoms with Gasteiger partial charge in [-0.15, -0.1) is 11.8 Å². The molecule has 0 saturated carbocycles. The lowest BCUT2D eigenvalue weighted by atomic mass is 10.1. The van der Waals surface area contributed by atoms with Crippen molar-refractivity contribution in [2.24, 2.45) is 5.73 Å². The van der Waals surface area contributed by atoms with Gasteiger partial charge in [0.1, 0.15) is 0 Å². The Morgan fingerprint density at radius 3 is 2.57 bits per heavy atom. The van der Waals surface area contributed by atoms with Crippen molar-refractivity contribution in [1.29, 1.82) is 0 Å². The number of pyridine rings is 1. The van der Waals surface area contributed by atoms with Gasteiger partial charge in [-0.05, 0) is 18.6 Å². The van der Waals surface area contributed by atoms with Gasteiger partial charge in [0.05, 0.1) is 5.69 Å². The van der Waals surface area contributed by atoms with E-state index in [2.05, 4.69) is 31.8 Å². The van der Waals surface area contributed by atoms with Crippen molar-refractivity contribution >= 4 is 11.8 Å². The molecular weight excluding hydrogens is 192 g/mol. The first-order valence-corrected chi connectivity index (χ1v) is 5.89. The second-order valence-corrected chi connectivity index (χ2v) is 5.25. The van der Waals surface area contributed by atoms with Gasteiger partial charge < -0.3 is 5.73 Å². The predicted molar refractivity (Wildman–Crippen MR) is 62.4 cm³/mol. The molecule has 0 aliphatic heterocycles. The fraction of sp³-hybridized carbons (Fsp3) is 0.545. The molecule has 0 spiro atoms. The standard InChI is InChI=1S/C11H18N2S/c1-4-10(12)11-6-5-9(7-13-11)14-8(2)3/h5-8,10H,4,12H2,1-3H3/t10-/m0/s1. The minimum Gasteiger partial charge on any atom is -0.323 e. The van der Waals surface area contributed by atoms with Gasteiger partial charge in [0, 0.05) is 22.4 Å². The maximum absolute atomic E-state index is 5.88. The molecule has 0 unspecified atom stereocenters. The highest BCUT2D eigenvalue weighted by Gasteiger charge is 2.05. The monoisotopic (exact) mass is 210 g/mol. The van der Waals surface area contributed by atoms with Crippen LogP contribution >= 0.6 is 11.8 Å². The molecule has 0 saturated heterocycles. The van der Waals surface area contributed by atoms with Crippen molar-refractivity contribution in [2.45, 2.75) is 43.4 Å². The Hall–Kier alpha value is -0.540. The van der Waals surface area contributed by atoms with E-state index in [1.807, 2.05) is 24.0 Å². The lowest BCUT2D eigenvalue weighted by Gasteiger charge is -2.09. The van der Waals surface area contributed by atoms with Crippen molar-refractivity contribution in [2.75, 3.05) is 0 Å². The van der Waals surface area contributed by atoms with Crippen LogP contribution in [0.1, 0.15) is 38.9 Å². The van der Waals surface area contributed by atoms with Crippen molar-refractivity contribution in [3.63, 3.8) is 0 Å². The molecule has 0 aliphatic rings. The number of hydrogen-bond acceptors (Lipinski definition) is 3. The van der Waals surface area contributed by atoms with Crippen LogP contribution in [-0.4, -0.2) is 10.2 Å². The average molecular weight is 210 g/mol. The summed E-state index contributed by atoms with van der Waals surface area (Å²) in [4.78, 5) is 5.57. The molecule has 14 heavy (non-hydrogen) atoms. The fourth-order valence-electron chi connectivity index (χ4n) is 1.16. The summed E-state index contributed by atoms with van der Waals surface area (Å²) in [5.74, 6) is 0. The van der Waals surface area contributed by atoms with Crippen LogP contribution in [-0.2, 0) is 0 Å². The van der Waals surface area contributed by atoms with E-state index < -0.39 is 0 Å². The molecule has 1 rings (SSSR count). The van der Waals surface area contributed by atoms with Crippen LogP contribution in [0.5, 0.6) is 0 Å². The maximum atomic E-state index is 5.88. The summed E-state index contributed by atoms with van der Waals surface area (Å²) in [6.45, 7) is 6.43. The van der Waals surface area contributed by atoms with Crippen molar-refractivity contribution in [3.05, 3.63) is 24.0 Å². The summed E-state index contributed by atoms with van der Waals surface area (Å²) < 4.78 is 0. The smallest absolute Gasteiger partial charge is 0.0571 e. The Balaban J connectivity index is 2.68. The third-order valence-electron chi connectivity index (χ3n) is 1.95. The number of rotatable bonds is 4. The van der Waals surface area contributed by atoms with Gasteiger partial charge in [-0.25, -0.2) is 0 Å². The summed E-state index contributed by atoms with van der Waals surface area (Å²) in [6.07, 6.45) is 2.85. The zero-order chi connectivity index (χ0) is 10.6. The Labute approximate surface area is 90.3 Å². The van der Waals surface area contributed by atoms with Crippen LogP contribution in [0.2, 0.25) is 0 Å². The molecule has 1 heterocycles. The van der Waals surface area contributed by atoms with Gasteiger partial charge in [-0.2, -0.15) is 0 Å². The van der Waals surface area contributed by atoms with Gasteiger partial charge in [0.25, 0.3) is 0 Å². The van der Waals surface area contributed by atoms with Gasteiger partial charge in [-0.1, -0.05) is 20.8 Å². The molecule has 3 heteroatoms. The van der Waals surface area contributed by atoms with Crippen molar-refractivity contribution in [1.82, 2.24) is 4.98 Å². The molecule has 0 radical (unpaired) electrons. The van der Waals surface area contributed by atoms with Crippen LogP contribution < -0.4 is 5.73 Å². The number of hydrogen-bond donors (Lipinski definition) is 1. The minimum atomic E-state index is 0.0769. The van der Waals surface area contributed by atoms with E-state index in [-0.39, 0.29) is 6.04 Å². The third kappa shape index (κ3) is 3.31. The van der Waals surface area contributed by atoms with Gasteiger partial charge in [0.15, 0.2) is 0 Å². The van der Waals surface area contributed by atoms with E-state index in [4.69, 9.17) is 5.73 Å². The van der Waals surface area contributed by atoms with E-state index in [1.165, 1.54) is 4.90 Å². The Bertz CT molecular complexity index is 269. The van der Waals surface area contributed by atoms with Crippen LogP contribution in [0, 0.1) is 0 Å². The molecule has 2 nitrogen and oxygen atoms in total. The Morgan fingerprint density at radius 1 is 1.43 bits per heavy atom. The fourth-order valence-corrected chi connectivity index (χ4v) is 1.97. The van der Waals surface area contributed by atoms with Gasteiger partial charge in [0.2, 0.25) is 0 Å². The summed E-state index contributed by atoms with van der Waals surface area (Å²) in [5, 5.41) is 0.600. The third-order valence-corrected chi connectivity index (χ3v) is 2.94. The maximum Gasteiger partial charge on any atom is 0.0571 e. The molecule has 1 atom stereocenters. The summed E-state index contributed by atoms with van der Waals surface area (Å²) in [7, 11) is 0. The molecule has 0 aliphatic carbocycles. The van der Waals surface area contributed by atoms with Crippen molar-refractivity contribution in [3.8, 4) is 0 Å². The zero-order valence-electron chi connectivity index (χ0n) is 9.03. The first kappa shape index (κ1) is 11.5. The lowest BCUT2D eigenvalue weighted by Crippen LogP contribution is -2.10. The first-order chi connectivity index (χ1) is 6.63. The van der Waals surface area contributed by atoms with Crippen LogP contribution in [0.15, 0.2) is 23.2 Å². The highest BCUT2D eigenvalue weighted by molar-refractivity contribution is 7.99. The number of nitrogens with two attached hydrogens (primary N) is 1. The number of thioether (sulfide) groups is 1. The molecular formula is C11H18N2S. The topological polar surface area (TPSA) is 38.9 Å². The normalized spacial score (nSPS) is 13.2. The molecule has 0 bridgehead atoms. The van der Waals surface area contributed by atoms with Gasteiger partial charge in [-0.3, -0.25) is 4.98 Å². The lowest BCUT2D eigenvalue weighted by molar-refractivity contribution is 0.674. The van der Waals surface area contributed by atoms with E-state index in [9.17, 15) is 0 Å². The second-order valence-electron chi connectivity index (χ2n) is 3.60. The van der Waals surface area contributed by atoms with E-state index in [1.54, 1.807) is 0 Å². The molecule has 0 fully saturated rings. The minimum absolute atomic E-state index is 0.0769. The Kier molecular flexibility index (Phi) is 4.42. The largest absolute Gasteiger partial charge is 0.323 e. The zero-order valence-corrected chi connectivity index (χ0v) is 9.84. The predicted octanol–water partition coefficient (Wildman–Crippen LogP) is 2.99. The van der Waals surface area contributed by atoms with Gasteiger partial charge >= 0.3 is 0 Å². The van der Waals surface area contributed by atoms with Crippen LogP contribution in [0.3, 0.4) is 0 Å². The molecule has 78 valence electrons. The quantitative estimate of drug-likeness (QED) is 0.776. The highest BCUT2D eigenvalue weighted by atomic mass is 32.2. The van der Waals surface area contributed by atoms with Crippen molar-refractivity contribution < 1.29 is 0 Å². The molecule has 1 aromatic rings. The second kappa shape index (κ2) is 5.37. The summed E-state index contributed by atoms with van der Waals surface area (Å²) in [5.41, 5.74) is 6.86. The van der Waals surface area contributed by atoms with Crippen LogP contribution in [0.25, 0.3) is 0 Å². The van der Waals surface area contributed by atoms with E-state index in [0.717, 1.165) is 12.1 Å². The summed E-state index contributed by atoms with van der Waals surface area (Å²) >= 11 is 1.82. The average Bonchev–Trinajstić information content (AvgIpc) is 2.17. The SMILES string of the molecule is CC[C@H](N)c1ccc(SC(C)C)cn1. The molecule has 2 N–H and O–H groups in total. The molecule has 0 amide bonds. The number of nitrogens with zero attached hydrogens (tertiary/aromatic N) is 1. The summed E-state index contributed by atoms with van der Waals surface area (Å²) in [6, 6.07) is 4.20. The molecule has 0 aromatic carbocycles. The van der Waals surface area contributed by atoms with E-state index >= 15 is 0 Å². The highest BCUT2D eigenvalue weighted by Crippen LogP contribution is 2.22. The van der Waals surface area contributed by atoms with Crippen LogP contribution in [0.4, 0.5) is 0 Å².